The molecule has 0 unspecified atom stereocenters. The zero-order chi connectivity index (χ0) is 23.0. The number of carbonyl (C=O) groups excluding carboxylic acids is 2. The average molecular weight is 465 g/mol. The molecule has 2 rings (SSSR count). The molecule has 0 fully saturated rings. The number of nitrogens with zero attached hydrogens (tertiary/aromatic N) is 1. The number of ether oxygens (including phenoxy) is 1. The Bertz CT molecular complexity index is 865. The number of nitrogens with one attached hydrogen (secondary N) is 1. The highest BCUT2D eigenvalue weighted by Crippen LogP contribution is 2.27. The maximum absolute atomic E-state index is 13.1. The Morgan fingerprint density at radius 3 is 2.23 bits per heavy atom. The van der Waals surface area contributed by atoms with Crippen LogP contribution in [-0.2, 0) is 16.1 Å². The molecule has 1 atom stereocenters. The van der Waals surface area contributed by atoms with E-state index in [1.165, 1.54) is 4.90 Å². The van der Waals surface area contributed by atoms with Gasteiger partial charge in [0.1, 0.15) is 11.8 Å². The number of hydrogen-bond acceptors (Lipinski definition) is 3. The van der Waals surface area contributed by atoms with Crippen molar-refractivity contribution in [3.63, 3.8) is 0 Å². The lowest BCUT2D eigenvalue weighted by Gasteiger charge is -2.30. The quantitative estimate of drug-likeness (QED) is 0.478. The van der Waals surface area contributed by atoms with Crippen molar-refractivity contribution in [3.8, 4) is 5.75 Å². The molecule has 0 saturated carbocycles. The summed E-state index contributed by atoms with van der Waals surface area (Å²) >= 11 is 12.6. The van der Waals surface area contributed by atoms with Crippen molar-refractivity contribution in [2.75, 3.05) is 6.61 Å². The largest absolute Gasteiger partial charge is 0.494 e. The number of benzene rings is 2. The minimum atomic E-state index is -0.666. The van der Waals surface area contributed by atoms with Crippen LogP contribution in [0.1, 0.15) is 44.7 Å². The molecule has 0 aliphatic heterocycles. The van der Waals surface area contributed by atoms with Crippen LogP contribution in [0.4, 0.5) is 0 Å². The molecule has 0 bridgehead atoms. The molecular formula is C24H30Cl2N2O3. The highest BCUT2D eigenvalue weighted by atomic mass is 35.5. The van der Waals surface area contributed by atoms with Gasteiger partial charge in [0.25, 0.3) is 0 Å². The summed E-state index contributed by atoms with van der Waals surface area (Å²) in [4.78, 5) is 27.2. The fourth-order valence-corrected chi connectivity index (χ4v) is 3.55. The number of carbonyl (C=O) groups is 2. The third-order valence-corrected chi connectivity index (χ3v) is 5.52. The van der Waals surface area contributed by atoms with Crippen molar-refractivity contribution >= 4 is 35.0 Å². The van der Waals surface area contributed by atoms with E-state index >= 15 is 0 Å². The van der Waals surface area contributed by atoms with Gasteiger partial charge in [-0.25, -0.2) is 0 Å². The van der Waals surface area contributed by atoms with Crippen molar-refractivity contribution in [2.24, 2.45) is 0 Å². The van der Waals surface area contributed by atoms with Crippen LogP contribution in [-0.4, -0.2) is 35.4 Å². The Morgan fingerprint density at radius 1 is 1.03 bits per heavy atom. The van der Waals surface area contributed by atoms with E-state index in [2.05, 4.69) is 5.32 Å². The van der Waals surface area contributed by atoms with Crippen LogP contribution < -0.4 is 10.1 Å². The van der Waals surface area contributed by atoms with E-state index in [0.717, 1.165) is 11.3 Å². The van der Waals surface area contributed by atoms with Crippen LogP contribution in [0.2, 0.25) is 10.0 Å². The van der Waals surface area contributed by atoms with Crippen molar-refractivity contribution in [1.82, 2.24) is 10.2 Å². The van der Waals surface area contributed by atoms with Gasteiger partial charge in [-0.3, -0.25) is 9.59 Å². The Labute approximate surface area is 194 Å². The average Bonchev–Trinajstić information content (AvgIpc) is 2.71. The van der Waals surface area contributed by atoms with Crippen LogP contribution in [0.25, 0.3) is 0 Å². The molecule has 2 amide bonds. The first-order chi connectivity index (χ1) is 14.7. The highest BCUT2D eigenvalue weighted by Gasteiger charge is 2.27. The van der Waals surface area contributed by atoms with Crippen molar-refractivity contribution < 1.29 is 14.3 Å². The normalized spacial score (nSPS) is 11.8. The second kappa shape index (κ2) is 12.0. The number of rotatable bonds is 10. The van der Waals surface area contributed by atoms with E-state index in [4.69, 9.17) is 27.9 Å². The Kier molecular flexibility index (Phi) is 9.66. The summed E-state index contributed by atoms with van der Waals surface area (Å²) in [5, 5.41) is 3.79. The molecule has 0 aliphatic carbocycles. The number of hydrogen-bond donors (Lipinski definition) is 1. The van der Waals surface area contributed by atoms with E-state index in [1.54, 1.807) is 25.1 Å². The Balaban J connectivity index is 2.06. The molecule has 5 nitrogen and oxygen atoms in total. The smallest absolute Gasteiger partial charge is 0.242 e. The molecule has 2 aromatic rings. The number of aryl methyl sites for hydroxylation is 1. The zero-order valence-electron chi connectivity index (χ0n) is 18.5. The van der Waals surface area contributed by atoms with Gasteiger partial charge >= 0.3 is 0 Å². The molecule has 0 radical (unpaired) electrons. The Hall–Kier alpha value is -2.24. The van der Waals surface area contributed by atoms with Crippen LogP contribution in [0, 0.1) is 6.92 Å². The SMILES string of the molecule is Cc1ccc(OCCCC(=O)N(Cc2c(Cl)cccc2Cl)[C@H](C)C(=O)NC(C)C)cc1. The molecule has 2 aromatic carbocycles. The van der Waals surface area contributed by atoms with Gasteiger partial charge in [0.2, 0.25) is 11.8 Å². The minimum Gasteiger partial charge on any atom is -0.494 e. The zero-order valence-corrected chi connectivity index (χ0v) is 20.0. The van der Waals surface area contributed by atoms with Gasteiger partial charge in [0.15, 0.2) is 0 Å². The molecule has 0 aromatic heterocycles. The number of halogens is 2. The summed E-state index contributed by atoms with van der Waals surface area (Å²) in [6, 6.07) is 12.3. The molecule has 0 heterocycles. The molecule has 168 valence electrons. The second-order valence-electron chi connectivity index (χ2n) is 7.83. The molecular weight excluding hydrogens is 435 g/mol. The van der Waals surface area contributed by atoms with Crippen LogP contribution in [0.5, 0.6) is 5.75 Å². The van der Waals surface area contributed by atoms with Crippen LogP contribution in [0.15, 0.2) is 42.5 Å². The van der Waals surface area contributed by atoms with Crippen molar-refractivity contribution in [3.05, 3.63) is 63.6 Å². The maximum Gasteiger partial charge on any atom is 0.242 e. The monoisotopic (exact) mass is 464 g/mol. The summed E-state index contributed by atoms with van der Waals surface area (Å²) in [6.07, 6.45) is 0.769. The number of amides is 2. The summed E-state index contributed by atoms with van der Waals surface area (Å²) in [6.45, 7) is 8.04. The standard InChI is InChI=1S/C24H30Cl2N2O3/c1-16(2)27-24(30)18(4)28(15-20-21(25)7-5-8-22(20)26)23(29)9-6-14-31-19-12-10-17(3)11-13-19/h5,7-8,10-13,16,18H,6,9,14-15H2,1-4H3,(H,27,30)/t18-/m1/s1. The highest BCUT2D eigenvalue weighted by molar-refractivity contribution is 6.36. The van der Waals surface area contributed by atoms with Crippen LogP contribution >= 0.6 is 23.2 Å². The molecule has 31 heavy (non-hydrogen) atoms. The molecule has 0 aliphatic rings. The van der Waals surface area contributed by atoms with Crippen LogP contribution in [0.3, 0.4) is 0 Å². The summed E-state index contributed by atoms with van der Waals surface area (Å²) in [5.41, 5.74) is 1.78. The third-order valence-electron chi connectivity index (χ3n) is 4.81. The van der Waals surface area contributed by atoms with E-state index in [-0.39, 0.29) is 30.8 Å². The van der Waals surface area contributed by atoms with E-state index in [1.807, 2.05) is 45.0 Å². The maximum atomic E-state index is 13.1. The van der Waals surface area contributed by atoms with Gasteiger partial charge < -0.3 is 15.0 Å². The first-order valence-electron chi connectivity index (χ1n) is 10.4. The van der Waals surface area contributed by atoms with Crippen molar-refractivity contribution in [2.45, 2.75) is 59.2 Å². The third kappa shape index (κ3) is 7.75. The lowest BCUT2D eigenvalue weighted by atomic mass is 10.1. The molecule has 7 heteroatoms. The van der Waals surface area contributed by atoms with Gasteiger partial charge in [-0.05, 0) is 58.4 Å². The molecule has 0 saturated heterocycles. The minimum absolute atomic E-state index is 0.0290. The fourth-order valence-electron chi connectivity index (χ4n) is 3.03. The summed E-state index contributed by atoms with van der Waals surface area (Å²) in [5.74, 6) is 0.389. The van der Waals surface area contributed by atoms with Crippen molar-refractivity contribution in [1.29, 1.82) is 0 Å². The predicted molar refractivity (Wildman–Crippen MR) is 126 cm³/mol. The van der Waals surface area contributed by atoms with Gasteiger partial charge in [-0.2, -0.15) is 0 Å². The Morgan fingerprint density at radius 2 is 1.65 bits per heavy atom. The van der Waals surface area contributed by atoms with Gasteiger partial charge in [-0.1, -0.05) is 47.0 Å². The first kappa shape index (κ1) is 25.0. The van der Waals surface area contributed by atoms with Gasteiger partial charge in [-0.15, -0.1) is 0 Å². The molecule has 0 spiro atoms. The summed E-state index contributed by atoms with van der Waals surface area (Å²) in [7, 11) is 0. The van der Waals surface area contributed by atoms with Gasteiger partial charge in [0, 0.05) is 34.6 Å². The first-order valence-corrected chi connectivity index (χ1v) is 11.2. The lowest BCUT2D eigenvalue weighted by molar-refractivity contribution is -0.141. The second-order valence-corrected chi connectivity index (χ2v) is 8.64. The summed E-state index contributed by atoms with van der Waals surface area (Å²) < 4.78 is 5.72. The topological polar surface area (TPSA) is 58.6 Å². The van der Waals surface area contributed by atoms with E-state index < -0.39 is 6.04 Å². The lowest BCUT2D eigenvalue weighted by Crippen LogP contribution is -2.49. The molecule has 1 N–H and O–H groups in total. The van der Waals surface area contributed by atoms with E-state index in [0.29, 0.717) is 28.6 Å². The van der Waals surface area contributed by atoms with Gasteiger partial charge in [0.05, 0.1) is 6.61 Å². The fraction of sp³-hybridized carbons (Fsp3) is 0.417. The van der Waals surface area contributed by atoms with E-state index in [9.17, 15) is 9.59 Å². The predicted octanol–water partition coefficient (Wildman–Crippen LogP) is 5.40.